The van der Waals surface area contributed by atoms with Gasteiger partial charge in [-0.3, -0.25) is 9.59 Å². The fourth-order valence-corrected chi connectivity index (χ4v) is 7.95. The van der Waals surface area contributed by atoms with Crippen LogP contribution in [0.5, 0.6) is 0 Å². The number of amides is 1. The van der Waals surface area contributed by atoms with E-state index in [1.165, 1.54) is 6.92 Å². The number of fused-ring (bicyclic) bond motifs is 5. The normalized spacial score (nSPS) is 50.0. The highest BCUT2D eigenvalue weighted by atomic mass is 16.5. The van der Waals surface area contributed by atoms with Crippen molar-refractivity contribution in [3.8, 4) is 0 Å². The van der Waals surface area contributed by atoms with Gasteiger partial charge in [-0.25, -0.2) is 0 Å². The van der Waals surface area contributed by atoms with Crippen LogP contribution in [0.15, 0.2) is 0 Å². The van der Waals surface area contributed by atoms with Crippen molar-refractivity contribution in [2.75, 3.05) is 0 Å². The van der Waals surface area contributed by atoms with Gasteiger partial charge in [0.2, 0.25) is 5.91 Å². The van der Waals surface area contributed by atoms with Crippen LogP contribution < -0.4 is 5.32 Å². The third-order valence-corrected chi connectivity index (χ3v) is 8.97. The van der Waals surface area contributed by atoms with E-state index in [4.69, 9.17) is 4.74 Å². The van der Waals surface area contributed by atoms with Crippen LogP contribution in [-0.4, -0.2) is 35.2 Å². The summed E-state index contributed by atoms with van der Waals surface area (Å²) in [7, 11) is 0. The van der Waals surface area contributed by atoms with Crippen molar-refractivity contribution in [3.63, 3.8) is 0 Å². The average Bonchev–Trinajstić information content (AvgIpc) is 2.91. The minimum atomic E-state index is -0.324. The molecule has 4 rings (SSSR count). The second-order valence-electron chi connectivity index (χ2n) is 10.3. The van der Waals surface area contributed by atoms with Gasteiger partial charge in [-0.2, -0.15) is 0 Å². The van der Waals surface area contributed by atoms with Crippen LogP contribution >= 0.6 is 0 Å². The zero-order valence-corrected chi connectivity index (χ0v) is 17.2. The molecule has 5 heteroatoms. The van der Waals surface area contributed by atoms with Gasteiger partial charge in [-0.05, 0) is 74.0 Å². The number of aliphatic hydroxyl groups is 1. The maximum absolute atomic E-state index is 12.0. The lowest BCUT2D eigenvalue weighted by Gasteiger charge is -2.62. The van der Waals surface area contributed by atoms with Crippen molar-refractivity contribution in [1.82, 2.24) is 5.32 Å². The minimum Gasteiger partial charge on any atom is -0.462 e. The first-order valence-electron chi connectivity index (χ1n) is 10.8. The molecule has 0 radical (unpaired) electrons. The van der Waals surface area contributed by atoms with Gasteiger partial charge in [0.05, 0.1) is 6.10 Å². The molecule has 0 spiro atoms. The highest BCUT2D eigenvalue weighted by Crippen LogP contribution is 2.66. The van der Waals surface area contributed by atoms with Gasteiger partial charge >= 0.3 is 5.97 Å². The molecule has 2 N–H and O–H groups in total. The summed E-state index contributed by atoms with van der Waals surface area (Å²) in [5.74, 6) is 1.61. The maximum Gasteiger partial charge on any atom is 0.302 e. The second-order valence-corrected chi connectivity index (χ2v) is 10.3. The van der Waals surface area contributed by atoms with E-state index in [-0.39, 0.29) is 46.9 Å². The molecular weight excluding hydrogens is 342 g/mol. The van der Waals surface area contributed by atoms with E-state index in [2.05, 4.69) is 19.2 Å². The number of ether oxygens (including phenoxy) is 1. The predicted molar refractivity (Wildman–Crippen MR) is 102 cm³/mol. The lowest BCUT2D eigenvalue weighted by molar-refractivity contribution is -0.191. The summed E-state index contributed by atoms with van der Waals surface area (Å²) >= 11 is 0. The van der Waals surface area contributed by atoms with Gasteiger partial charge < -0.3 is 15.2 Å². The molecule has 1 heterocycles. The molecule has 152 valence electrons. The molecule has 5 nitrogen and oxygen atoms in total. The highest BCUT2D eigenvalue weighted by Gasteiger charge is 2.64. The molecule has 1 saturated heterocycles. The number of hydrogen-bond donors (Lipinski definition) is 2. The van der Waals surface area contributed by atoms with Gasteiger partial charge in [-0.1, -0.05) is 13.8 Å². The predicted octanol–water partition coefficient (Wildman–Crippen LogP) is 3.05. The van der Waals surface area contributed by atoms with E-state index in [9.17, 15) is 14.7 Å². The van der Waals surface area contributed by atoms with Crippen LogP contribution in [0.4, 0.5) is 0 Å². The first-order valence-corrected chi connectivity index (χ1v) is 10.8. The number of aliphatic hydroxyl groups excluding tert-OH is 1. The van der Waals surface area contributed by atoms with Gasteiger partial charge in [0.1, 0.15) is 6.10 Å². The lowest BCUT2D eigenvalue weighted by atomic mass is 9.46. The van der Waals surface area contributed by atoms with E-state index in [1.54, 1.807) is 0 Å². The van der Waals surface area contributed by atoms with E-state index >= 15 is 0 Å². The molecule has 27 heavy (non-hydrogen) atoms. The molecule has 1 aliphatic heterocycles. The molecular formula is C22H35NO4. The molecule has 3 aliphatic carbocycles. The van der Waals surface area contributed by atoms with E-state index in [0.717, 1.165) is 38.5 Å². The Morgan fingerprint density at radius 3 is 2.63 bits per heavy atom. The van der Waals surface area contributed by atoms with Gasteiger partial charge in [-0.15, -0.1) is 0 Å². The van der Waals surface area contributed by atoms with Crippen molar-refractivity contribution in [3.05, 3.63) is 0 Å². The number of piperidine rings is 1. The molecule has 0 aromatic rings. The summed E-state index contributed by atoms with van der Waals surface area (Å²) in [6.45, 7) is 8.07. The Labute approximate surface area is 162 Å². The zero-order valence-electron chi connectivity index (χ0n) is 17.2. The van der Waals surface area contributed by atoms with Crippen LogP contribution in [-0.2, 0) is 14.3 Å². The Morgan fingerprint density at radius 1 is 1.22 bits per heavy atom. The highest BCUT2D eigenvalue weighted by molar-refractivity contribution is 5.77. The Kier molecular flexibility index (Phi) is 4.60. The largest absolute Gasteiger partial charge is 0.462 e. The monoisotopic (exact) mass is 377 g/mol. The minimum absolute atomic E-state index is 0.0127. The first-order chi connectivity index (χ1) is 12.7. The standard InChI is InChI=1S/C22H35NO4/c1-12(24)15-6-7-16-14-5-8-18-21(3,10-9-19(26)23-18)20(14)17(27-13(2)25)11-22(15,16)4/h12,14-18,20,24H,5-11H2,1-4H3,(H,23,26)/t12?,14-,15+,16-,17+,18+,20+,21-,22+/m0/s1. The number of carbonyl (C=O) groups excluding carboxylic acids is 2. The smallest absolute Gasteiger partial charge is 0.302 e. The van der Waals surface area contributed by atoms with Gasteiger partial charge in [0.25, 0.3) is 0 Å². The van der Waals surface area contributed by atoms with Crippen LogP contribution in [0.25, 0.3) is 0 Å². The van der Waals surface area contributed by atoms with Crippen LogP contribution in [0.2, 0.25) is 0 Å². The van der Waals surface area contributed by atoms with Crippen molar-refractivity contribution in [1.29, 1.82) is 0 Å². The number of rotatable bonds is 2. The quantitative estimate of drug-likeness (QED) is 0.725. The van der Waals surface area contributed by atoms with E-state index in [0.29, 0.717) is 24.2 Å². The van der Waals surface area contributed by atoms with Gasteiger partial charge in [0.15, 0.2) is 0 Å². The Hall–Kier alpha value is -1.10. The van der Waals surface area contributed by atoms with E-state index < -0.39 is 0 Å². The zero-order chi connectivity index (χ0) is 19.6. The number of esters is 1. The topological polar surface area (TPSA) is 75.6 Å². The Morgan fingerprint density at radius 2 is 1.96 bits per heavy atom. The SMILES string of the molecule is CC(=O)O[C@@H]1C[C@]2(C)[C@@H](C(C)O)CC[C@H]2[C@@H]2CC[C@H]3NC(=O)CC[C@]3(C)[C@H]21. The van der Waals surface area contributed by atoms with Crippen molar-refractivity contribution in [2.24, 2.45) is 34.5 Å². The molecule has 0 aromatic carbocycles. The third-order valence-electron chi connectivity index (χ3n) is 8.97. The van der Waals surface area contributed by atoms with Crippen LogP contribution in [0.3, 0.4) is 0 Å². The molecule has 1 unspecified atom stereocenters. The molecule has 1 amide bonds. The van der Waals surface area contributed by atoms with Crippen LogP contribution in [0.1, 0.15) is 72.6 Å². The third kappa shape index (κ3) is 2.83. The van der Waals surface area contributed by atoms with Crippen LogP contribution in [0, 0.1) is 34.5 Å². The molecule has 4 fully saturated rings. The molecule has 9 atom stereocenters. The van der Waals surface area contributed by atoms with Crippen molar-refractivity contribution in [2.45, 2.75) is 90.9 Å². The summed E-state index contributed by atoms with van der Waals surface area (Å²) in [5, 5.41) is 13.7. The number of hydrogen-bond acceptors (Lipinski definition) is 4. The van der Waals surface area contributed by atoms with E-state index in [1.807, 2.05) is 6.92 Å². The Balaban J connectivity index is 1.72. The number of nitrogens with one attached hydrogen (secondary N) is 1. The molecule has 4 aliphatic rings. The summed E-state index contributed by atoms with van der Waals surface area (Å²) in [6.07, 6.45) is 6.17. The first kappa shape index (κ1) is 19.2. The summed E-state index contributed by atoms with van der Waals surface area (Å²) < 4.78 is 5.97. The summed E-state index contributed by atoms with van der Waals surface area (Å²) in [6, 6.07) is 0.191. The fourth-order valence-electron chi connectivity index (χ4n) is 7.95. The second kappa shape index (κ2) is 6.47. The maximum atomic E-state index is 12.0. The number of carbonyl (C=O) groups is 2. The van der Waals surface area contributed by atoms with Gasteiger partial charge in [0, 0.05) is 25.3 Å². The Bertz CT molecular complexity index is 634. The summed E-state index contributed by atoms with van der Waals surface area (Å²) in [4.78, 5) is 24.0. The fraction of sp³-hybridized carbons (Fsp3) is 0.909. The molecule has 3 saturated carbocycles. The van der Waals surface area contributed by atoms with Crippen molar-refractivity contribution < 1.29 is 19.4 Å². The summed E-state index contributed by atoms with van der Waals surface area (Å²) in [5.41, 5.74) is 0.0117. The average molecular weight is 378 g/mol. The lowest BCUT2D eigenvalue weighted by Crippen LogP contribution is -2.65. The van der Waals surface area contributed by atoms with Crippen molar-refractivity contribution >= 4 is 11.9 Å². The molecule has 0 aromatic heterocycles. The molecule has 0 bridgehead atoms.